The van der Waals surface area contributed by atoms with Gasteiger partial charge in [0.15, 0.2) is 5.82 Å². The molecule has 10 heteroatoms. The topological polar surface area (TPSA) is 88.1 Å². The number of aryl methyl sites for hydroxylation is 1. The second-order valence-electron chi connectivity index (χ2n) is 7.72. The lowest BCUT2D eigenvalue weighted by atomic mass is 10.1. The monoisotopic (exact) mass is 500 g/mol. The average molecular weight is 501 g/mol. The Hall–Kier alpha value is -3.07. The van der Waals surface area contributed by atoms with Gasteiger partial charge in [-0.3, -0.25) is 9.89 Å². The lowest BCUT2D eigenvalue weighted by molar-refractivity contribution is 0.590. The van der Waals surface area contributed by atoms with Crippen LogP contribution in [0.15, 0.2) is 70.5 Å². The fraction of sp³-hybridized carbons (Fsp3) is 0.130. The molecule has 3 heterocycles. The van der Waals surface area contributed by atoms with E-state index in [4.69, 9.17) is 23.2 Å². The molecule has 1 N–H and O–H groups in total. The molecule has 1 aliphatic heterocycles. The minimum atomic E-state index is -3.88. The second-order valence-corrected chi connectivity index (χ2v) is 10.4. The van der Waals surface area contributed by atoms with Crippen molar-refractivity contribution in [1.29, 1.82) is 0 Å². The third kappa shape index (κ3) is 3.64. The fourth-order valence-corrected chi connectivity index (χ4v) is 5.65. The van der Waals surface area contributed by atoms with Gasteiger partial charge in [0.25, 0.3) is 15.6 Å². The van der Waals surface area contributed by atoms with E-state index in [2.05, 4.69) is 10.1 Å². The van der Waals surface area contributed by atoms with Crippen molar-refractivity contribution < 1.29 is 8.42 Å². The molecule has 0 amide bonds. The van der Waals surface area contributed by atoms with Gasteiger partial charge >= 0.3 is 0 Å². The number of anilines is 1. The van der Waals surface area contributed by atoms with Crippen molar-refractivity contribution in [3.8, 4) is 16.9 Å². The van der Waals surface area contributed by atoms with Gasteiger partial charge in [0.1, 0.15) is 0 Å². The number of rotatable bonds is 3. The van der Waals surface area contributed by atoms with Crippen LogP contribution in [0.2, 0.25) is 10.0 Å². The Morgan fingerprint density at radius 3 is 2.52 bits per heavy atom. The van der Waals surface area contributed by atoms with Gasteiger partial charge in [-0.05, 0) is 55.8 Å². The number of hydrogen-bond donors (Lipinski definition) is 1. The van der Waals surface area contributed by atoms with Crippen LogP contribution in [0.1, 0.15) is 11.1 Å². The number of sulfonamides is 1. The molecular formula is C23H18Cl2N4O3S. The molecule has 0 saturated heterocycles. The summed E-state index contributed by atoms with van der Waals surface area (Å²) < 4.78 is 29.6. The number of H-pyrrole nitrogens is 1. The molecule has 2 aromatic heterocycles. The zero-order chi connectivity index (χ0) is 23.3. The third-order valence-electron chi connectivity index (χ3n) is 5.61. The first-order chi connectivity index (χ1) is 15.8. The number of pyridine rings is 1. The van der Waals surface area contributed by atoms with Gasteiger partial charge in [-0.1, -0.05) is 40.9 Å². The molecule has 7 nitrogen and oxygen atoms in total. The average Bonchev–Trinajstić information content (AvgIpc) is 3.02. The van der Waals surface area contributed by atoms with E-state index in [-0.39, 0.29) is 29.2 Å². The van der Waals surface area contributed by atoms with Crippen molar-refractivity contribution in [2.45, 2.75) is 18.2 Å². The van der Waals surface area contributed by atoms with Crippen LogP contribution in [0.5, 0.6) is 0 Å². The summed E-state index contributed by atoms with van der Waals surface area (Å²) in [6.45, 7) is 1.96. The zero-order valence-electron chi connectivity index (χ0n) is 17.4. The Morgan fingerprint density at radius 2 is 1.79 bits per heavy atom. The van der Waals surface area contributed by atoms with Crippen molar-refractivity contribution >= 4 is 39.0 Å². The largest absolute Gasteiger partial charge is 0.290 e. The number of nitrogens with one attached hydrogen (secondary N) is 1. The summed E-state index contributed by atoms with van der Waals surface area (Å²) >= 11 is 12.2. The number of benzene rings is 2. The summed E-state index contributed by atoms with van der Waals surface area (Å²) in [5, 5.41) is 3.83. The van der Waals surface area contributed by atoms with Gasteiger partial charge in [-0.15, -0.1) is 0 Å². The summed E-state index contributed by atoms with van der Waals surface area (Å²) in [5.41, 5.74) is 2.72. The smallest absolute Gasteiger partial charge is 0.275 e. The normalized spacial score (nSPS) is 13.4. The molecule has 1 aliphatic rings. The molecule has 33 heavy (non-hydrogen) atoms. The van der Waals surface area contributed by atoms with E-state index in [1.807, 2.05) is 6.92 Å². The Morgan fingerprint density at radius 1 is 1.03 bits per heavy atom. The predicted molar refractivity (Wildman–Crippen MR) is 129 cm³/mol. The molecule has 0 unspecified atom stereocenters. The van der Waals surface area contributed by atoms with Crippen LogP contribution in [0.3, 0.4) is 0 Å². The van der Waals surface area contributed by atoms with Crippen molar-refractivity contribution in [2.75, 3.05) is 10.8 Å². The minimum Gasteiger partial charge on any atom is -0.290 e. The molecular weight excluding hydrogens is 483 g/mol. The summed E-state index contributed by atoms with van der Waals surface area (Å²) in [7, 11) is -3.88. The maximum absolute atomic E-state index is 13.5. The van der Waals surface area contributed by atoms with Crippen LogP contribution < -0.4 is 9.86 Å². The standard InChI is InChI=1S/C23H18Cl2N4O3S/c1-14-4-7-16(8-5-14)33(31,32)28-12-10-18-21(17-3-2-11-26-22(17)28)27-29(23(18)30)15-6-9-19(24)20(25)13-15/h2-9,11,13,27H,10,12H2,1H3. The summed E-state index contributed by atoms with van der Waals surface area (Å²) in [4.78, 5) is 17.9. The molecule has 0 spiro atoms. The van der Waals surface area contributed by atoms with Crippen molar-refractivity contribution in [1.82, 2.24) is 14.8 Å². The summed E-state index contributed by atoms with van der Waals surface area (Å²) in [6.07, 6.45) is 1.75. The Kier molecular flexibility index (Phi) is 5.31. The molecule has 0 fully saturated rings. The highest BCUT2D eigenvalue weighted by atomic mass is 35.5. The predicted octanol–water partition coefficient (Wildman–Crippen LogP) is 4.59. The van der Waals surface area contributed by atoms with Gasteiger partial charge in [0.2, 0.25) is 0 Å². The van der Waals surface area contributed by atoms with Gasteiger partial charge in [0, 0.05) is 23.9 Å². The molecule has 0 bridgehead atoms. The molecule has 0 atom stereocenters. The third-order valence-corrected chi connectivity index (χ3v) is 8.16. The van der Waals surface area contributed by atoms with Crippen LogP contribution in [0, 0.1) is 6.92 Å². The number of fused-ring (bicyclic) bond motifs is 3. The van der Waals surface area contributed by atoms with Crippen molar-refractivity contribution in [2.24, 2.45) is 0 Å². The van der Waals surface area contributed by atoms with Gasteiger partial charge < -0.3 is 0 Å². The van der Waals surface area contributed by atoms with E-state index in [9.17, 15) is 13.2 Å². The number of hydrogen-bond acceptors (Lipinski definition) is 4. The van der Waals surface area contributed by atoms with Crippen molar-refractivity contribution in [3.63, 3.8) is 0 Å². The van der Waals surface area contributed by atoms with E-state index >= 15 is 0 Å². The first-order valence-electron chi connectivity index (χ1n) is 10.1. The fourth-order valence-electron chi connectivity index (χ4n) is 3.91. The molecule has 5 rings (SSSR count). The highest BCUT2D eigenvalue weighted by molar-refractivity contribution is 7.92. The molecule has 0 saturated carbocycles. The van der Waals surface area contributed by atoms with Gasteiger partial charge in [-0.25, -0.2) is 22.4 Å². The van der Waals surface area contributed by atoms with Crippen molar-refractivity contribution in [3.05, 3.63) is 92.3 Å². The molecule has 2 aromatic carbocycles. The molecule has 4 aromatic rings. The quantitative estimate of drug-likeness (QED) is 0.445. The van der Waals surface area contributed by atoms with E-state index in [0.29, 0.717) is 32.6 Å². The number of aromatic amines is 1. The van der Waals surface area contributed by atoms with E-state index < -0.39 is 10.0 Å². The number of halogens is 2. The maximum Gasteiger partial charge on any atom is 0.275 e. The molecule has 0 radical (unpaired) electrons. The number of aromatic nitrogens is 3. The lowest BCUT2D eigenvalue weighted by Gasteiger charge is -2.23. The van der Waals surface area contributed by atoms with Crippen LogP contribution in [-0.2, 0) is 16.4 Å². The second kappa shape index (κ2) is 8.06. The first kappa shape index (κ1) is 21.8. The summed E-state index contributed by atoms with van der Waals surface area (Å²) in [5.74, 6) is 0.263. The zero-order valence-corrected chi connectivity index (χ0v) is 19.7. The molecule has 0 aliphatic carbocycles. The Labute approximate surface area is 200 Å². The van der Waals surface area contributed by atoms with E-state index in [1.165, 1.54) is 15.2 Å². The highest BCUT2D eigenvalue weighted by Crippen LogP contribution is 2.36. The van der Waals surface area contributed by atoms with Gasteiger partial charge in [0.05, 0.1) is 26.3 Å². The SMILES string of the molecule is Cc1ccc(S(=O)(=O)N2CCc3c([nH]n(-c4ccc(Cl)c(Cl)c4)c3=O)-c3cccnc32)cc1. The van der Waals surface area contributed by atoms with Gasteiger partial charge in [-0.2, -0.15) is 0 Å². The lowest BCUT2D eigenvalue weighted by Crippen LogP contribution is -2.34. The Balaban J connectivity index is 1.66. The van der Waals surface area contributed by atoms with E-state index in [0.717, 1.165) is 5.56 Å². The van der Waals surface area contributed by atoms with Crippen LogP contribution in [0.4, 0.5) is 5.82 Å². The highest BCUT2D eigenvalue weighted by Gasteiger charge is 2.33. The number of nitrogens with zero attached hydrogens (tertiary/aromatic N) is 3. The molecule has 168 valence electrons. The Bertz CT molecular complexity index is 1540. The van der Waals surface area contributed by atoms with E-state index in [1.54, 1.807) is 54.6 Å². The van der Waals surface area contributed by atoms with Crippen LogP contribution in [0.25, 0.3) is 16.9 Å². The minimum absolute atomic E-state index is 0.0711. The maximum atomic E-state index is 13.5. The summed E-state index contributed by atoms with van der Waals surface area (Å²) in [6, 6.07) is 15.0. The first-order valence-corrected chi connectivity index (χ1v) is 12.3. The van der Waals surface area contributed by atoms with Crippen LogP contribution >= 0.6 is 23.2 Å². The van der Waals surface area contributed by atoms with Crippen LogP contribution in [-0.4, -0.2) is 29.7 Å².